The molecule has 0 fully saturated rings. The minimum atomic E-state index is -0.923. The zero-order valence-electron chi connectivity index (χ0n) is 18.1. The van der Waals surface area contributed by atoms with Gasteiger partial charge in [-0.25, -0.2) is 8.78 Å². The third kappa shape index (κ3) is 3.33. The molecule has 2 heterocycles. The maximum Gasteiger partial charge on any atom is 0.249 e. The van der Waals surface area contributed by atoms with Crippen LogP contribution in [0, 0.1) is 11.6 Å². The Morgan fingerprint density at radius 2 is 1.97 bits per heavy atom. The topological polar surface area (TPSA) is 93.5 Å². The number of benzene rings is 3. The molecule has 6 nitrogen and oxygen atoms in total. The maximum absolute atomic E-state index is 15.8. The van der Waals surface area contributed by atoms with Crippen molar-refractivity contribution in [3.63, 3.8) is 0 Å². The third-order valence-corrected chi connectivity index (χ3v) is 6.66. The fourth-order valence-corrected chi connectivity index (χ4v) is 5.12. The van der Waals surface area contributed by atoms with Crippen LogP contribution in [0.4, 0.5) is 14.5 Å². The van der Waals surface area contributed by atoms with Gasteiger partial charge in [0.2, 0.25) is 11.8 Å². The first-order valence-electron chi connectivity index (χ1n) is 10.6. The highest BCUT2D eigenvalue weighted by molar-refractivity contribution is 6.34. The molecule has 1 atom stereocenters. The molecule has 0 aromatic heterocycles. The first-order chi connectivity index (χ1) is 16.3. The summed E-state index contributed by atoms with van der Waals surface area (Å²) in [6, 6.07) is 11.9. The van der Waals surface area contributed by atoms with Gasteiger partial charge in [0.25, 0.3) is 0 Å². The van der Waals surface area contributed by atoms with Crippen molar-refractivity contribution in [3.8, 4) is 16.9 Å². The van der Waals surface area contributed by atoms with Gasteiger partial charge < -0.3 is 21.1 Å². The highest BCUT2D eigenvalue weighted by Gasteiger charge is 2.44. The van der Waals surface area contributed by atoms with Gasteiger partial charge in [-0.2, -0.15) is 0 Å². The van der Waals surface area contributed by atoms with Crippen molar-refractivity contribution in [2.45, 2.75) is 18.4 Å². The first-order valence-corrected chi connectivity index (χ1v) is 11.0. The molecule has 0 spiro atoms. The van der Waals surface area contributed by atoms with Crippen LogP contribution < -0.4 is 21.1 Å². The number of fused-ring (bicyclic) bond motifs is 2. The standard InChI is InChI=1S/C25H20ClF2N3O3/c1-30-11-25(13-5-3-2-4-6-13)10-15-17(34-25)9-16(27)21(26)19(15)20-14(24(29)33)7-12-8-18(32)31-23(12)22(20)28/h2-7,9,30H,8,10-11H2,1H3,(H2,29,33)(H,31,32)/t25-/m1/s1. The number of carbonyl (C=O) groups excluding carboxylic acids is 2. The molecule has 0 radical (unpaired) electrons. The van der Waals surface area contributed by atoms with Gasteiger partial charge in [0.1, 0.15) is 11.6 Å². The van der Waals surface area contributed by atoms with Gasteiger partial charge in [-0.05, 0) is 24.2 Å². The van der Waals surface area contributed by atoms with Gasteiger partial charge in [-0.1, -0.05) is 41.9 Å². The van der Waals surface area contributed by atoms with Gasteiger partial charge in [-0.3, -0.25) is 9.59 Å². The Labute approximate surface area is 199 Å². The monoisotopic (exact) mass is 483 g/mol. The van der Waals surface area contributed by atoms with Crippen LogP contribution in [0.25, 0.3) is 11.1 Å². The van der Waals surface area contributed by atoms with Crippen LogP contribution >= 0.6 is 11.6 Å². The van der Waals surface area contributed by atoms with E-state index in [1.807, 2.05) is 30.3 Å². The Bertz CT molecular complexity index is 1360. The Morgan fingerprint density at radius 3 is 2.65 bits per heavy atom. The molecule has 4 N–H and O–H groups in total. The van der Waals surface area contributed by atoms with Crippen LogP contribution in [0.3, 0.4) is 0 Å². The lowest BCUT2D eigenvalue weighted by molar-refractivity contribution is -0.115. The van der Waals surface area contributed by atoms with Crippen molar-refractivity contribution in [3.05, 3.63) is 81.4 Å². The van der Waals surface area contributed by atoms with Crippen molar-refractivity contribution >= 4 is 29.1 Å². The largest absolute Gasteiger partial charge is 0.480 e. The number of amides is 2. The van der Waals surface area contributed by atoms with Crippen LogP contribution in [0.1, 0.15) is 27.0 Å². The molecule has 0 saturated carbocycles. The molecule has 2 amide bonds. The zero-order chi connectivity index (χ0) is 24.2. The summed E-state index contributed by atoms with van der Waals surface area (Å²) in [5, 5.41) is 5.21. The SMILES string of the molecule is CNC[C@@]1(c2ccccc2)Cc2c(cc(F)c(Cl)c2-c2c(C(N)=O)cc3c(c2F)NC(=O)C3)O1. The molecular weight excluding hydrogens is 464 g/mol. The van der Waals surface area contributed by atoms with Gasteiger partial charge in [0.05, 0.1) is 22.7 Å². The molecule has 0 bridgehead atoms. The van der Waals surface area contributed by atoms with Gasteiger partial charge in [0, 0.05) is 35.7 Å². The van der Waals surface area contributed by atoms with E-state index in [2.05, 4.69) is 10.6 Å². The predicted octanol–water partition coefficient (Wildman–Crippen LogP) is 3.93. The lowest BCUT2D eigenvalue weighted by Gasteiger charge is -2.29. The highest BCUT2D eigenvalue weighted by Crippen LogP contribution is 2.51. The average molecular weight is 484 g/mol. The average Bonchev–Trinajstić information content (AvgIpc) is 3.36. The number of anilines is 1. The highest BCUT2D eigenvalue weighted by atomic mass is 35.5. The number of hydrogen-bond donors (Lipinski definition) is 3. The van der Waals surface area contributed by atoms with Crippen molar-refractivity contribution in [1.82, 2.24) is 5.32 Å². The molecule has 0 aliphatic carbocycles. The number of nitrogens with two attached hydrogens (primary N) is 1. The molecule has 2 aliphatic heterocycles. The van der Waals surface area contributed by atoms with E-state index < -0.39 is 29.0 Å². The molecule has 174 valence electrons. The lowest BCUT2D eigenvalue weighted by Crippen LogP contribution is -2.41. The number of rotatable bonds is 5. The Kier molecular flexibility index (Phi) is 5.30. The van der Waals surface area contributed by atoms with Crippen molar-refractivity contribution < 1.29 is 23.1 Å². The minimum absolute atomic E-state index is 0.0131. The van der Waals surface area contributed by atoms with E-state index in [0.29, 0.717) is 17.7 Å². The fraction of sp³-hybridized carbons (Fsp3) is 0.200. The summed E-state index contributed by atoms with van der Waals surface area (Å²) >= 11 is 6.40. The molecule has 5 rings (SSSR count). The molecule has 3 aromatic carbocycles. The van der Waals surface area contributed by atoms with Crippen LogP contribution in [0.5, 0.6) is 5.75 Å². The smallest absolute Gasteiger partial charge is 0.249 e. The van der Waals surface area contributed by atoms with E-state index in [1.54, 1.807) is 7.05 Å². The number of primary amides is 1. The predicted molar refractivity (Wildman–Crippen MR) is 124 cm³/mol. The minimum Gasteiger partial charge on any atom is -0.480 e. The molecule has 9 heteroatoms. The van der Waals surface area contributed by atoms with Crippen molar-refractivity contribution in [2.75, 3.05) is 18.9 Å². The molecule has 0 unspecified atom stereocenters. The first kappa shape index (κ1) is 22.3. The maximum atomic E-state index is 15.8. The number of hydrogen-bond acceptors (Lipinski definition) is 4. The van der Waals surface area contributed by atoms with E-state index in [0.717, 1.165) is 5.56 Å². The van der Waals surface area contributed by atoms with E-state index >= 15 is 8.78 Å². The summed E-state index contributed by atoms with van der Waals surface area (Å²) in [6.45, 7) is 0.371. The quantitative estimate of drug-likeness (QED) is 0.512. The Morgan fingerprint density at radius 1 is 1.24 bits per heavy atom. The fourth-order valence-electron chi connectivity index (χ4n) is 4.86. The van der Waals surface area contributed by atoms with Gasteiger partial charge in [0.15, 0.2) is 11.4 Å². The lowest BCUT2D eigenvalue weighted by atomic mass is 9.85. The molecule has 34 heavy (non-hydrogen) atoms. The van der Waals surface area contributed by atoms with Crippen LogP contribution in [0.15, 0.2) is 42.5 Å². The molecular formula is C25H20ClF2N3O3. The summed E-state index contributed by atoms with van der Waals surface area (Å²) in [6.07, 6.45) is 0.133. The normalized spacial score (nSPS) is 18.3. The second-order valence-corrected chi connectivity index (χ2v) is 8.81. The van der Waals surface area contributed by atoms with E-state index in [1.165, 1.54) is 12.1 Å². The number of ether oxygens (including phenoxy) is 1. The summed E-state index contributed by atoms with van der Waals surface area (Å²) < 4.78 is 37.2. The van der Waals surface area contributed by atoms with Crippen LogP contribution in [-0.2, 0) is 23.2 Å². The summed E-state index contributed by atoms with van der Waals surface area (Å²) in [7, 11) is 1.76. The summed E-state index contributed by atoms with van der Waals surface area (Å²) in [5.41, 5.74) is 5.72. The van der Waals surface area contributed by atoms with E-state index in [4.69, 9.17) is 22.1 Å². The summed E-state index contributed by atoms with van der Waals surface area (Å²) in [5.74, 6) is -2.87. The number of carbonyl (C=O) groups is 2. The van der Waals surface area contributed by atoms with E-state index in [-0.39, 0.29) is 46.0 Å². The Balaban J connectivity index is 1.78. The van der Waals surface area contributed by atoms with Crippen molar-refractivity contribution in [1.29, 1.82) is 0 Å². The Hall–Kier alpha value is -3.49. The second-order valence-electron chi connectivity index (χ2n) is 8.43. The van der Waals surface area contributed by atoms with E-state index in [9.17, 15) is 9.59 Å². The van der Waals surface area contributed by atoms with Gasteiger partial charge in [-0.15, -0.1) is 0 Å². The third-order valence-electron chi connectivity index (χ3n) is 6.29. The van der Waals surface area contributed by atoms with Crippen LogP contribution in [0.2, 0.25) is 5.02 Å². The van der Waals surface area contributed by atoms with Gasteiger partial charge >= 0.3 is 0 Å². The second kappa shape index (κ2) is 8.07. The summed E-state index contributed by atoms with van der Waals surface area (Å²) in [4.78, 5) is 24.2. The molecule has 0 saturated heterocycles. The van der Waals surface area contributed by atoms with Crippen molar-refractivity contribution in [2.24, 2.45) is 5.73 Å². The molecule has 3 aromatic rings. The zero-order valence-corrected chi connectivity index (χ0v) is 18.9. The number of nitrogens with one attached hydrogen (secondary N) is 2. The van der Waals surface area contributed by atoms with Crippen LogP contribution in [-0.4, -0.2) is 25.4 Å². The molecule has 2 aliphatic rings. The number of halogens is 3. The number of likely N-dealkylation sites (N-methyl/N-ethyl adjacent to an activating group) is 1.